The zero-order valence-corrected chi connectivity index (χ0v) is 19.5. The quantitative estimate of drug-likeness (QED) is 0.453. The average molecular weight is 435 g/mol. The standard InChI is InChI=1S/C20H25ClN4OS.C2H6/c1-12-7-13(15(9-22)8-17(21)23)5-6-14(12)10-24-18(26)16-11-25-19(27-16)20(2,3)4;1-2/h5-9,11H,10,22-23H2,1-4H3,(H,24,26);1-2H3/b15-9+,17-8-;. The number of amides is 1. The van der Waals surface area contributed by atoms with Gasteiger partial charge < -0.3 is 16.8 Å². The predicted molar refractivity (Wildman–Crippen MR) is 125 cm³/mol. The maximum absolute atomic E-state index is 12.4. The fourth-order valence-electron chi connectivity index (χ4n) is 2.44. The van der Waals surface area contributed by atoms with E-state index in [0.29, 0.717) is 11.4 Å². The van der Waals surface area contributed by atoms with E-state index in [1.807, 2.05) is 39.0 Å². The van der Waals surface area contributed by atoms with Gasteiger partial charge in [-0.25, -0.2) is 4.98 Å². The first-order valence-electron chi connectivity index (χ1n) is 9.51. The Morgan fingerprint density at radius 1 is 1.31 bits per heavy atom. The van der Waals surface area contributed by atoms with Gasteiger partial charge in [0.25, 0.3) is 5.91 Å². The number of rotatable bonds is 5. The van der Waals surface area contributed by atoms with Crippen molar-refractivity contribution < 1.29 is 4.79 Å². The van der Waals surface area contributed by atoms with Gasteiger partial charge in [0.05, 0.1) is 16.4 Å². The van der Waals surface area contributed by atoms with Crippen LogP contribution in [0.5, 0.6) is 0 Å². The van der Waals surface area contributed by atoms with E-state index in [1.54, 1.807) is 12.3 Å². The third-order valence-electron chi connectivity index (χ3n) is 3.96. The van der Waals surface area contributed by atoms with Crippen molar-refractivity contribution >= 4 is 34.4 Å². The summed E-state index contributed by atoms with van der Waals surface area (Å²) >= 11 is 7.16. The number of aryl methyl sites for hydroxylation is 1. The molecule has 0 atom stereocenters. The van der Waals surface area contributed by atoms with Gasteiger partial charge in [-0.2, -0.15) is 0 Å². The van der Waals surface area contributed by atoms with E-state index in [9.17, 15) is 4.79 Å². The Hall–Kier alpha value is -2.31. The molecule has 7 heteroatoms. The molecule has 5 nitrogen and oxygen atoms in total. The lowest BCUT2D eigenvalue weighted by Crippen LogP contribution is -2.22. The number of benzene rings is 1. The normalized spacial score (nSPS) is 12.2. The van der Waals surface area contributed by atoms with Gasteiger partial charge in [-0.1, -0.05) is 64.4 Å². The van der Waals surface area contributed by atoms with E-state index in [4.69, 9.17) is 23.1 Å². The van der Waals surface area contributed by atoms with Crippen LogP contribution in [0.2, 0.25) is 0 Å². The lowest BCUT2D eigenvalue weighted by atomic mass is 9.98. The van der Waals surface area contributed by atoms with E-state index in [2.05, 4.69) is 31.1 Å². The maximum atomic E-state index is 12.4. The van der Waals surface area contributed by atoms with Gasteiger partial charge in [0, 0.05) is 23.7 Å². The number of allylic oxidation sites excluding steroid dienone is 2. The summed E-state index contributed by atoms with van der Waals surface area (Å²) in [6.45, 7) is 12.7. The van der Waals surface area contributed by atoms with Crippen LogP contribution in [-0.4, -0.2) is 10.9 Å². The summed E-state index contributed by atoms with van der Waals surface area (Å²) in [5.74, 6) is -0.119. The summed E-state index contributed by atoms with van der Waals surface area (Å²) in [6.07, 6.45) is 4.70. The minimum absolute atomic E-state index is 0.0648. The SMILES string of the molecule is CC.Cc1cc(C(/C=C(\N)Cl)=C/N)ccc1CNC(=O)c1cnc(C(C)(C)C)s1. The Labute approximate surface area is 182 Å². The van der Waals surface area contributed by atoms with Crippen LogP contribution in [0.15, 0.2) is 41.8 Å². The Balaban J connectivity index is 0.00000204. The zero-order valence-electron chi connectivity index (χ0n) is 18.0. The second-order valence-corrected chi connectivity index (χ2v) is 8.72. The molecule has 0 unspecified atom stereocenters. The molecule has 0 spiro atoms. The summed E-state index contributed by atoms with van der Waals surface area (Å²) in [7, 11) is 0. The molecule has 0 bridgehead atoms. The topological polar surface area (TPSA) is 94.0 Å². The Morgan fingerprint density at radius 3 is 2.45 bits per heavy atom. The van der Waals surface area contributed by atoms with Gasteiger partial charge in [-0.05, 0) is 29.7 Å². The summed E-state index contributed by atoms with van der Waals surface area (Å²) < 4.78 is 0. The van der Waals surface area contributed by atoms with Crippen molar-refractivity contribution in [3.8, 4) is 0 Å². The van der Waals surface area contributed by atoms with Gasteiger partial charge in [0.2, 0.25) is 0 Å². The number of carbonyl (C=O) groups excluding carboxylic acids is 1. The third kappa shape index (κ3) is 7.22. The van der Waals surface area contributed by atoms with Crippen LogP contribution in [0.25, 0.3) is 5.57 Å². The molecule has 0 aliphatic heterocycles. The Kier molecular flexibility index (Phi) is 9.40. The van der Waals surface area contributed by atoms with Crippen molar-refractivity contribution in [1.82, 2.24) is 10.3 Å². The molecule has 5 N–H and O–H groups in total. The van der Waals surface area contributed by atoms with Crippen molar-refractivity contribution in [2.24, 2.45) is 11.5 Å². The number of thiazole rings is 1. The highest BCUT2D eigenvalue weighted by atomic mass is 35.5. The number of hydrogen-bond donors (Lipinski definition) is 3. The number of nitrogens with one attached hydrogen (secondary N) is 1. The molecule has 0 fully saturated rings. The van der Waals surface area contributed by atoms with Crippen LogP contribution < -0.4 is 16.8 Å². The zero-order chi connectivity index (χ0) is 22.2. The van der Waals surface area contributed by atoms with Gasteiger partial charge in [-0.15, -0.1) is 11.3 Å². The summed E-state index contributed by atoms with van der Waals surface area (Å²) in [6, 6.07) is 5.87. The highest BCUT2D eigenvalue weighted by Crippen LogP contribution is 2.27. The molecule has 0 aliphatic carbocycles. The molecule has 0 saturated heterocycles. The first kappa shape index (κ1) is 24.7. The fourth-order valence-corrected chi connectivity index (χ4v) is 3.45. The van der Waals surface area contributed by atoms with Gasteiger partial charge >= 0.3 is 0 Å². The lowest BCUT2D eigenvalue weighted by molar-refractivity contribution is 0.0954. The van der Waals surface area contributed by atoms with Gasteiger partial charge in [0.1, 0.15) is 4.88 Å². The predicted octanol–water partition coefficient (Wildman–Crippen LogP) is 5.04. The number of nitrogens with two attached hydrogens (primary N) is 2. The molecule has 1 aromatic carbocycles. The van der Waals surface area contributed by atoms with Crippen LogP contribution in [0.4, 0.5) is 0 Å². The highest BCUT2D eigenvalue weighted by molar-refractivity contribution is 7.13. The molecule has 0 radical (unpaired) electrons. The molecule has 0 saturated carbocycles. The minimum Gasteiger partial charge on any atom is -0.404 e. The van der Waals surface area contributed by atoms with Crippen LogP contribution >= 0.6 is 22.9 Å². The molecule has 1 aromatic heterocycles. The molecular weight excluding hydrogens is 404 g/mol. The number of hydrogen-bond acceptors (Lipinski definition) is 5. The molecule has 2 rings (SSSR count). The monoisotopic (exact) mass is 434 g/mol. The second-order valence-electron chi connectivity index (χ2n) is 7.25. The van der Waals surface area contributed by atoms with E-state index in [1.165, 1.54) is 17.5 Å². The fraction of sp³-hybridized carbons (Fsp3) is 0.364. The first-order chi connectivity index (χ1) is 13.6. The van der Waals surface area contributed by atoms with Crippen molar-refractivity contribution in [3.63, 3.8) is 0 Å². The van der Waals surface area contributed by atoms with Crippen molar-refractivity contribution in [1.29, 1.82) is 0 Å². The van der Waals surface area contributed by atoms with Crippen LogP contribution in [0, 0.1) is 6.92 Å². The molecular formula is C22H31ClN4OS. The number of nitrogens with zero attached hydrogens (tertiary/aromatic N) is 1. The minimum atomic E-state index is -0.119. The van der Waals surface area contributed by atoms with E-state index in [-0.39, 0.29) is 16.5 Å². The largest absolute Gasteiger partial charge is 0.404 e. The van der Waals surface area contributed by atoms with Crippen molar-refractivity contribution in [2.45, 2.75) is 53.5 Å². The van der Waals surface area contributed by atoms with Gasteiger partial charge in [-0.3, -0.25) is 4.79 Å². The molecule has 29 heavy (non-hydrogen) atoms. The molecule has 2 aromatic rings. The van der Waals surface area contributed by atoms with E-state index < -0.39 is 0 Å². The average Bonchev–Trinajstić information content (AvgIpc) is 3.17. The highest BCUT2D eigenvalue weighted by Gasteiger charge is 2.20. The lowest BCUT2D eigenvalue weighted by Gasteiger charge is -2.13. The summed E-state index contributed by atoms with van der Waals surface area (Å²) in [4.78, 5) is 17.4. The summed E-state index contributed by atoms with van der Waals surface area (Å²) in [5, 5.41) is 4.07. The molecule has 0 aliphatic rings. The summed E-state index contributed by atoms with van der Waals surface area (Å²) in [5.41, 5.74) is 14.8. The maximum Gasteiger partial charge on any atom is 0.263 e. The number of carbonyl (C=O) groups is 1. The van der Waals surface area contributed by atoms with Crippen LogP contribution in [0.1, 0.15) is 66.0 Å². The van der Waals surface area contributed by atoms with E-state index in [0.717, 1.165) is 27.3 Å². The van der Waals surface area contributed by atoms with Crippen LogP contribution in [0.3, 0.4) is 0 Å². The first-order valence-corrected chi connectivity index (χ1v) is 10.7. The molecule has 1 amide bonds. The van der Waals surface area contributed by atoms with Crippen LogP contribution in [-0.2, 0) is 12.0 Å². The molecule has 1 heterocycles. The third-order valence-corrected chi connectivity index (χ3v) is 5.49. The number of halogens is 1. The van der Waals surface area contributed by atoms with Crippen molar-refractivity contribution in [2.75, 3.05) is 0 Å². The Morgan fingerprint density at radius 2 is 1.97 bits per heavy atom. The van der Waals surface area contributed by atoms with Gasteiger partial charge in [0.15, 0.2) is 0 Å². The van der Waals surface area contributed by atoms with E-state index >= 15 is 0 Å². The second kappa shape index (κ2) is 11.0. The van der Waals surface area contributed by atoms with Crippen molar-refractivity contribution in [3.05, 3.63) is 68.4 Å². The number of aromatic nitrogens is 1. The Bertz CT molecular complexity index is 890. The smallest absolute Gasteiger partial charge is 0.263 e. The molecule has 158 valence electrons.